The zero-order valence-corrected chi connectivity index (χ0v) is 10.7. The lowest BCUT2D eigenvalue weighted by Gasteiger charge is -2.03. The molecule has 100 valence electrons. The quantitative estimate of drug-likeness (QED) is 0.625. The summed E-state index contributed by atoms with van der Waals surface area (Å²) in [5.74, 6) is 0.112. The van der Waals surface area contributed by atoms with E-state index in [1.807, 2.05) is 6.26 Å². The van der Waals surface area contributed by atoms with Crippen LogP contribution in [-0.4, -0.2) is 34.0 Å². The van der Waals surface area contributed by atoms with Crippen LogP contribution in [0, 0.1) is 0 Å². The van der Waals surface area contributed by atoms with E-state index in [4.69, 9.17) is 0 Å². The molecule has 5 nitrogen and oxygen atoms in total. The molecule has 19 heavy (non-hydrogen) atoms. The van der Waals surface area contributed by atoms with Gasteiger partial charge in [-0.3, -0.25) is 0 Å². The first-order valence-corrected chi connectivity index (χ1v) is 6.45. The number of hydrogen-bond acceptors (Lipinski definition) is 5. The maximum atomic E-state index is 12.0. The summed E-state index contributed by atoms with van der Waals surface area (Å²) in [6.07, 6.45) is 4.93. The summed E-state index contributed by atoms with van der Waals surface area (Å²) in [6, 6.07) is 6.17. The fourth-order valence-electron chi connectivity index (χ4n) is 1.30. The Bertz CT molecular complexity index is 556. The normalized spacial score (nSPS) is 11.4. The van der Waals surface area contributed by atoms with E-state index in [1.165, 1.54) is 34.9 Å². The number of nitrogens with zero attached hydrogens (tertiary/aromatic N) is 4. The van der Waals surface area contributed by atoms with E-state index >= 15 is 0 Å². The smallest absolute Gasteiger partial charge is 0.387 e. The van der Waals surface area contributed by atoms with Crippen LogP contribution >= 0.6 is 11.8 Å². The van der Waals surface area contributed by atoms with E-state index in [0.29, 0.717) is 5.16 Å². The number of thioether (sulfide) groups is 1. The minimum Gasteiger partial charge on any atom is -0.435 e. The van der Waals surface area contributed by atoms with E-state index in [-0.39, 0.29) is 5.75 Å². The molecule has 0 atom stereocenters. The van der Waals surface area contributed by atoms with Gasteiger partial charge in [0.1, 0.15) is 12.1 Å². The monoisotopic (exact) mass is 284 g/mol. The Morgan fingerprint density at radius 1 is 1.37 bits per heavy atom. The lowest BCUT2D eigenvalue weighted by molar-refractivity contribution is -0.0498. The van der Waals surface area contributed by atoms with Gasteiger partial charge in [-0.25, -0.2) is 0 Å². The molecule has 1 aromatic carbocycles. The van der Waals surface area contributed by atoms with Crippen molar-refractivity contribution in [3.05, 3.63) is 36.2 Å². The molecular weight excluding hydrogens is 274 g/mol. The molecule has 0 spiro atoms. The van der Waals surface area contributed by atoms with Gasteiger partial charge in [0, 0.05) is 0 Å². The fraction of sp³-hybridized carbons (Fsp3) is 0.182. The minimum atomic E-state index is -2.82. The largest absolute Gasteiger partial charge is 0.435 e. The highest BCUT2D eigenvalue weighted by atomic mass is 32.2. The Kier molecular flexibility index (Phi) is 4.45. The van der Waals surface area contributed by atoms with Crippen molar-refractivity contribution < 1.29 is 13.5 Å². The molecular formula is C11H10F2N4OS. The van der Waals surface area contributed by atoms with Crippen LogP contribution in [0.3, 0.4) is 0 Å². The van der Waals surface area contributed by atoms with Crippen LogP contribution in [0.4, 0.5) is 8.78 Å². The lowest BCUT2D eigenvalue weighted by atomic mass is 10.2. The zero-order chi connectivity index (χ0) is 13.7. The van der Waals surface area contributed by atoms with E-state index in [2.05, 4.69) is 20.0 Å². The molecule has 2 rings (SSSR count). The Hall–Kier alpha value is -1.96. The highest BCUT2D eigenvalue weighted by Crippen LogP contribution is 2.14. The van der Waals surface area contributed by atoms with Crippen molar-refractivity contribution in [1.82, 2.24) is 14.9 Å². The summed E-state index contributed by atoms with van der Waals surface area (Å²) in [5.41, 5.74) is 0.752. The molecule has 0 bridgehead atoms. The summed E-state index contributed by atoms with van der Waals surface area (Å²) in [5, 5.41) is 12.4. The summed E-state index contributed by atoms with van der Waals surface area (Å²) in [7, 11) is 0. The van der Waals surface area contributed by atoms with E-state index in [0.717, 1.165) is 5.56 Å². The van der Waals surface area contributed by atoms with Crippen molar-refractivity contribution in [3.63, 3.8) is 0 Å². The summed E-state index contributed by atoms with van der Waals surface area (Å²) in [4.78, 5) is 0. The van der Waals surface area contributed by atoms with Crippen LogP contribution < -0.4 is 4.74 Å². The summed E-state index contributed by atoms with van der Waals surface area (Å²) in [6.45, 7) is -2.82. The second kappa shape index (κ2) is 6.28. The maximum Gasteiger partial charge on any atom is 0.387 e. The van der Waals surface area contributed by atoms with Gasteiger partial charge in [0.15, 0.2) is 0 Å². The standard InChI is InChI=1S/C11H10F2N4OS/c1-19-11-16-14-7-17(11)15-6-8-2-4-9(5-3-8)18-10(12)13/h2-7,10H,1H3/b15-6-. The van der Waals surface area contributed by atoms with Gasteiger partial charge in [-0.2, -0.15) is 18.6 Å². The number of rotatable bonds is 5. The molecule has 2 aromatic rings. The number of alkyl halides is 2. The number of ether oxygens (including phenoxy) is 1. The number of halogens is 2. The average molecular weight is 284 g/mol. The van der Waals surface area contributed by atoms with Gasteiger partial charge >= 0.3 is 6.61 Å². The SMILES string of the molecule is CSc1nncn1/N=C\c1ccc(OC(F)F)cc1. The first-order chi connectivity index (χ1) is 9.19. The molecule has 0 radical (unpaired) electrons. The number of hydrogen-bond donors (Lipinski definition) is 0. The van der Waals surface area contributed by atoms with Gasteiger partial charge in [-0.1, -0.05) is 11.8 Å². The Morgan fingerprint density at radius 2 is 2.11 bits per heavy atom. The van der Waals surface area contributed by atoms with Crippen LogP contribution in [0.5, 0.6) is 5.75 Å². The van der Waals surface area contributed by atoms with Gasteiger partial charge in [0.25, 0.3) is 0 Å². The van der Waals surface area contributed by atoms with E-state index < -0.39 is 6.61 Å². The topological polar surface area (TPSA) is 52.3 Å². The number of aromatic nitrogens is 3. The third-order valence-electron chi connectivity index (χ3n) is 2.12. The Morgan fingerprint density at radius 3 is 2.74 bits per heavy atom. The Balaban J connectivity index is 2.07. The van der Waals surface area contributed by atoms with E-state index in [1.54, 1.807) is 18.3 Å². The van der Waals surface area contributed by atoms with Crippen molar-refractivity contribution in [2.45, 2.75) is 11.8 Å². The van der Waals surface area contributed by atoms with Gasteiger partial charge in [-0.15, -0.1) is 10.2 Å². The Labute approximate surface area is 112 Å². The molecule has 0 saturated carbocycles. The van der Waals surface area contributed by atoms with Gasteiger partial charge in [0.05, 0.1) is 6.21 Å². The van der Waals surface area contributed by atoms with Gasteiger partial charge in [-0.05, 0) is 36.1 Å². The first kappa shape index (κ1) is 13.5. The molecule has 0 N–H and O–H groups in total. The van der Waals surface area contributed by atoms with Crippen LogP contribution in [0.1, 0.15) is 5.56 Å². The van der Waals surface area contributed by atoms with Crippen molar-refractivity contribution in [2.24, 2.45) is 5.10 Å². The predicted octanol–water partition coefficient (Wildman–Crippen LogP) is 2.48. The molecule has 8 heteroatoms. The predicted molar refractivity (Wildman–Crippen MR) is 67.9 cm³/mol. The molecule has 0 amide bonds. The van der Waals surface area contributed by atoms with Crippen molar-refractivity contribution in [1.29, 1.82) is 0 Å². The highest BCUT2D eigenvalue weighted by molar-refractivity contribution is 7.98. The molecule has 0 unspecified atom stereocenters. The molecule has 0 aliphatic heterocycles. The molecule has 0 fully saturated rings. The van der Waals surface area contributed by atoms with Gasteiger partial charge < -0.3 is 4.74 Å². The summed E-state index contributed by atoms with van der Waals surface area (Å²) >= 11 is 1.42. The highest BCUT2D eigenvalue weighted by Gasteiger charge is 2.03. The first-order valence-electron chi connectivity index (χ1n) is 5.22. The zero-order valence-electron chi connectivity index (χ0n) is 9.90. The molecule has 0 aliphatic rings. The third kappa shape index (κ3) is 3.75. The molecule has 1 heterocycles. The van der Waals surface area contributed by atoms with Crippen molar-refractivity contribution in [2.75, 3.05) is 6.26 Å². The third-order valence-corrected chi connectivity index (χ3v) is 2.75. The lowest BCUT2D eigenvalue weighted by Crippen LogP contribution is -2.01. The van der Waals surface area contributed by atoms with Crippen LogP contribution in [0.15, 0.2) is 40.9 Å². The second-order valence-electron chi connectivity index (χ2n) is 3.35. The van der Waals surface area contributed by atoms with E-state index in [9.17, 15) is 8.78 Å². The van der Waals surface area contributed by atoms with Gasteiger partial charge in [0.2, 0.25) is 5.16 Å². The maximum absolute atomic E-state index is 12.0. The molecule has 0 saturated heterocycles. The average Bonchev–Trinajstić information content (AvgIpc) is 2.84. The van der Waals surface area contributed by atoms with Crippen LogP contribution in [0.2, 0.25) is 0 Å². The second-order valence-corrected chi connectivity index (χ2v) is 4.13. The summed E-state index contributed by atoms with van der Waals surface area (Å²) < 4.78 is 29.7. The molecule has 0 aliphatic carbocycles. The van der Waals surface area contributed by atoms with Crippen LogP contribution in [0.25, 0.3) is 0 Å². The van der Waals surface area contributed by atoms with Crippen molar-refractivity contribution in [3.8, 4) is 5.75 Å². The van der Waals surface area contributed by atoms with Crippen LogP contribution in [-0.2, 0) is 0 Å². The van der Waals surface area contributed by atoms with Crippen molar-refractivity contribution >= 4 is 18.0 Å². The number of benzene rings is 1. The fourth-order valence-corrected chi connectivity index (χ4v) is 1.71. The minimum absolute atomic E-state index is 0.112. The molecule has 1 aromatic heterocycles.